The summed E-state index contributed by atoms with van der Waals surface area (Å²) < 4.78 is 0. The van der Waals surface area contributed by atoms with E-state index in [4.69, 9.17) is 23.2 Å². The number of rotatable bonds is 5. The molecule has 0 radical (unpaired) electrons. The SMILES string of the molecule is O=C(/C=C/c1ccccc1Cl)NCCc1cccc(Cl)c1. The Kier molecular flexibility index (Phi) is 5.85. The van der Waals surface area contributed by atoms with E-state index in [0.717, 1.165) is 17.5 Å². The molecule has 0 atom stereocenters. The first-order chi connectivity index (χ1) is 10.1. The van der Waals surface area contributed by atoms with Crippen LogP contribution in [0.5, 0.6) is 0 Å². The maximum atomic E-state index is 11.7. The fraction of sp³-hybridized carbons (Fsp3) is 0.118. The third-order valence-electron chi connectivity index (χ3n) is 2.92. The largest absolute Gasteiger partial charge is 0.352 e. The van der Waals surface area contributed by atoms with E-state index in [2.05, 4.69) is 5.32 Å². The number of benzene rings is 2. The van der Waals surface area contributed by atoms with Crippen LogP contribution in [0.1, 0.15) is 11.1 Å². The van der Waals surface area contributed by atoms with E-state index >= 15 is 0 Å². The summed E-state index contributed by atoms with van der Waals surface area (Å²) >= 11 is 11.9. The average Bonchev–Trinajstić information content (AvgIpc) is 2.46. The number of nitrogens with one attached hydrogen (secondary N) is 1. The Morgan fingerprint density at radius 2 is 1.90 bits per heavy atom. The molecule has 1 N–H and O–H groups in total. The van der Waals surface area contributed by atoms with Gasteiger partial charge in [-0.1, -0.05) is 53.5 Å². The molecular weight excluding hydrogens is 305 g/mol. The minimum atomic E-state index is -0.142. The average molecular weight is 320 g/mol. The van der Waals surface area contributed by atoms with Crippen LogP contribution in [0.15, 0.2) is 54.6 Å². The molecule has 108 valence electrons. The van der Waals surface area contributed by atoms with Gasteiger partial charge >= 0.3 is 0 Å². The molecule has 0 saturated carbocycles. The van der Waals surface area contributed by atoms with Gasteiger partial charge < -0.3 is 5.32 Å². The fourth-order valence-corrected chi connectivity index (χ4v) is 2.27. The highest BCUT2D eigenvalue weighted by atomic mass is 35.5. The lowest BCUT2D eigenvalue weighted by molar-refractivity contribution is -0.116. The molecule has 2 nitrogen and oxygen atoms in total. The molecule has 1 amide bonds. The number of carbonyl (C=O) groups excluding carboxylic acids is 1. The van der Waals surface area contributed by atoms with Gasteiger partial charge in [0, 0.05) is 22.7 Å². The van der Waals surface area contributed by atoms with Crippen molar-refractivity contribution in [1.82, 2.24) is 5.32 Å². The molecule has 21 heavy (non-hydrogen) atoms. The second kappa shape index (κ2) is 7.87. The van der Waals surface area contributed by atoms with Gasteiger partial charge in [-0.2, -0.15) is 0 Å². The van der Waals surface area contributed by atoms with E-state index < -0.39 is 0 Å². The van der Waals surface area contributed by atoms with E-state index in [1.807, 2.05) is 42.5 Å². The summed E-state index contributed by atoms with van der Waals surface area (Å²) in [7, 11) is 0. The number of hydrogen-bond acceptors (Lipinski definition) is 1. The number of halogens is 2. The summed E-state index contributed by atoms with van der Waals surface area (Å²) in [6.07, 6.45) is 3.93. The standard InChI is InChI=1S/C17H15Cl2NO/c18-15-6-3-4-13(12-15)10-11-20-17(21)9-8-14-5-1-2-7-16(14)19/h1-9,12H,10-11H2,(H,20,21)/b9-8+. The second-order valence-electron chi connectivity index (χ2n) is 4.53. The third kappa shape index (κ3) is 5.25. The van der Waals surface area contributed by atoms with E-state index in [9.17, 15) is 4.79 Å². The minimum Gasteiger partial charge on any atom is -0.352 e. The molecule has 2 aromatic carbocycles. The van der Waals surface area contributed by atoms with Crippen LogP contribution in [0.25, 0.3) is 6.08 Å². The molecule has 0 unspecified atom stereocenters. The summed E-state index contributed by atoms with van der Waals surface area (Å²) in [4.78, 5) is 11.7. The quantitative estimate of drug-likeness (QED) is 0.815. The van der Waals surface area contributed by atoms with Gasteiger partial charge in [-0.3, -0.25) is 4.79 Å². The van der Waals surface area contributed by atoms with Crippen LogP contribution >= 0.6 is 23.2 Å². The second-order valence-corrected chi connectivity index (χ2v) is 5.37. The fourth-order valence-electron chi connectivity index (χ4n) is 1.86. The topological polar surface area (TPSA) is 29.1 Å². The van der Waals surface area contributed by atoms with Crippen molar-refractivity contribution < 1.29 is 4.79 Å². The predicted molar refractivity (Wildman–Crippen MR) is 88.7 cm³/mol. The maximum absolute atomic E-state index is 11.7. The molecule has 0 heterocycles. The lowest BCUT2D eigenvalue weighted by Gasteiger charge is -2.03. The van der Waals surface area contributed by atoms with Crippen molar-refractivity contribution in [3.05, 3.63) is 75.8 Å². The Bertz CT molecular complexity index is 653. The van der Waals surface area contributed by atoms with Gasteiger partial charge in [0.1, 0.15) is 0 Å². The molecule has 0 aliphatic carbocycles. The zero-order chi connectivity index (χ0) is 15.1. The summed E-state index contributed by atoms with van der Waals surface area (Å²) in [6, 6.07) is 15.0. The van der Waals surface area contributed by atoms with Crippen LogP contribution in [0.3, 0.4) is 0 Å². The zero-order valence-electron chi connectivity index (χ0n) is 11.4. The highest BCUT2D eigenvalue weighted by molar-refractivity contribution is 6.32. The van der Waals surface area contributed by atoms with Crippen molar-refractivity contribution in [2.24, 2.45) is 0 Å². The van der Waals surface area contributed by atoms with E-state index in [0.29, 0.717) is 16.6 Å². The molecule has 0 fully saturated rings. The first kappa shape index (κ1) is 15.6. The Hall–Kier alpha value is -1.77. The van der Waals surface area contributed by atoms with Gasteiger partial charge in [-0.25, -0.2) is 0 Å². The highest BCUT2D eigenvalue weighted by Gasteiger charge is 1.99. The molecule has 0 aromatic heterocycles. The van der Waals surface area contributed by atoms with Crippen molar-refractivity contribution in [3.8, 4) is 0 Å². The van der Waals surface area contributed by atoms with Gasteiger partial charge in [0.25, 0.3) is 0 Å². The van der Waals surface area contributed by atoms with E-state index in [1.54, 1.807) is 12.1 Å². The lowest BCUT2D eigenvalue weighted by atomic mass is 10.1. The highest BCUT2D eigenvalue weighted by Crippen LogP contribution is 2.16. The molecule has 4 heteroatoms. The summed E-state index contributed by atoms with van der Waals surface area (Å²) in [6.45, 7) is 0.562. The van der Waals surface area contributed by atoms with Crippen molar-refractivity contribution in [2.75, 3.05) is 6.54 Å². The first-order valence-corrected chi connectivity index (χ1v) is 7.35. The van der Waals surface area contributed by atoms with Crippen LogP contribution in [-0.4, -0.2) is 12.5 Å². The maximum Gasteiger partial charge on any atom is 0.244 e. The molecule has 0 saturated heterocycles. The Labute approximate surface area is 134 Å². The lowest BCUT2D eigenvalue weighted by Crippen LogP contribution is -2.23. The number of amides is 1. The van der Waals surface area contributed by atoms with Crippen molar-refractivity contribution in [1.29, 1.82) is 0 Å². The molecule has 0 spiro atoms. The monoisotopic (exact) mass is 319 g/mol. The van der Waals surface area contributed by atoms with Crippen LogP contribution in [-0.2, 0) is 11.2 Å². The van der Waals surface area contributed by atoms with Gasteiger partial charge in [-0.15, -0.1) is 0 Å². The first-order valence-electron chi connectivity index (χ1n) is 6.60. The molecule has 0 aliphatic heterocycles. The van der Waals surface area contributed by atoms with Gasteiger partial charge in [0.15, 0.2) is 0 Å². The molecular formula is C17H15Cl2NO. The summed E-state index contributed by atoms with van der Waals surface area (Å²) in [5.41, 5.74) is 1.92. The summed E-state index contributed by atoms with van der Waals surface area (Å²) in [5.74, 6) is -0.142. The van der Waals surface area contributed by atoms with E-state index in [-0.39, 0.29) is 5.91 Å². The van der Waals surface area contributed by atoms with Crippen molar-refractivity contribution in [2.45, 2.75) is 6.42 Å². The van der Waals surface area contributed by atoms with Crippen LogP contribution < -0.4 is 5.32 Å². The Morgan fingerprint density at radius 3 is 2.67 bits per heavy atom. The minimum absolute atomic E-state index is 0.142. The van der Waals surface area contributed by atoms with Gasteiger partial charge in [0.05, 0.1) is 0 Å². The van der Waals surface area contributed by atoms with Gasteiger partial charge in [-0.05, 0) is 41.8 Å². The smallest absolute Gasteiger partial charge is 0.244 e. The molecule has 2 rings (SSSR count). The molecule has 0 aliphatic rings. The Morgan fingerprint density at radius 1 is 1.10 bits per heavy atom. The Balaban J connectivity index is 1.81. The van der Waals surface area contributed by atoms with Crippen LogP contribution in [0.4, 0.5) is 0 Å². The predicted octanol–water partition coefficient (Wildman–Crippen LogP) is 4.37. The van der Waals surface area contributed by atoms with Crippen LogP contribution in [0.2, 0.25) is 10.0 Å². The van der Waals surface area contributed by atoms with Crippen LogP contribution in [0, 0.1) is 0 Å². The number of carbonyl (C=O) groups is 1. The summed E-state index contributed by atoms with van der Waals surface area (Å²) in [5, 5.41) is 4.16. The normalized spacial score (nSPS) is 10.8. The van der Waals surface area contributed by atoms with Gasteiger partial charge in [0.2, 0.25) is 5.91 Å². The number of hydrogen-bond donors (Lipinski definition) is 1. The molecule has 0 bridgehead atoms. The van der Waals surface area contributed by atoms with E-state index in [1.165, 1.54) is 6.08 Å². The van der Waals surface area contributed by atoms with Crippen molar-refractivity contribution in [3.63, 3.8) is 0 Å². The van der Waals surface area contributed by atoms with Crippen molar-refractivity contribution >= 4 is 35.2 Å². The zero-order valence-corrected chi connectivity index (χ0v) is 12.9. The third-order valence-corrected chi connectivity index (χ3v) is 3.50. The molecule has 2 aromatic rings.